The number of halogens is 1. The highest BCUT2D eigenvalue weighted by Gasteiger charge is 2.77. The number of carbonyl (C=O) groups is 9. The maximum atomic E-state index is 13.3. The summed E-state index contributed by atoms with van der Waals surface area (Å²) in [5, 5.41) is 152. The molecule has 0 radical (unpaired) electrons. The summed E-state index contributed by atoms with van der Waals surface area (Å²) in [6.45, 7) is 10.4. The van der Waals surface area contributed by atoms with Gasteiger partial charge in [-0.3, -0.25) is 104 Å². The van der Waals surface area contributed by atoms with E-state index >= 15 is 0 Å². The van der Waals surface area contributed by atoms with Gasteiger partial charge in [-0.25, -0.2) is 0 Å². The molecule has 11 N–H and O–H groups in total. The van der Waals surface area contributed by atoms with Gasteiger partial charge in [-0.05, 0) is 105 Å². The molecule has 133 heavy (non-hydrogen) atoms. The van der Waals surface area contributed by atoms with Crippen LogP contribution in [0.25, 0.3) is 0 Å². The molecule has 0 bridgehead atoms. The standard InChI is InChI=1S/C18H14N2O6.C16H10ClNO5.C16H12N2O5.C16H11NO6.C9H5NO6.C9H5NO4.C7H8O/c1-9-6-7-12-14(8-9)26-18(23)15-11(4-3-5-13(15)20(24)25)16(22)17(12,18)19-10(2)21;2*1-8-5-6-10-12(7-8)23-16(20)13-9(14(19)15(10,16)17)3-2-4-11(13)18(21)22;1-8-5-6-10-12(7-8)23-16(20)13-9(14(18)15(10,16)19)3-2-4-11(13)17(21)22;11-7-4-2-1-3-5(10(15)16)6(4)8(12)9(7,13)14;11-7-4-8(12)9-5(7)2-1-3-6(9)10(13)14;1-6-3-2-4-7(8)5-6/h3-8,23H,1-2H3,(H,19,21);2-7,20H,1H3;2-7,20H,17H2,1H3;2-7,19-20H,1H3;1-3,13-14H;1-3H,4H2;2-5,8H,1H3. The van der Waals surface area contributed by atoms with Gasteiger partial charge in [0.15, 0.2) is 28.7 Å². The van der Waals surface area contributed by atoms with Gasteiger partial charge in [-0.15, -0.1) is 0 Å². The number of benzene rings is 11. The Kier molecular flexibility index (Phi) is 21.8. The fourth-order valence-electron chi connectivity index (χ4n) is 17.8. The highest BCUT2D eigenvalue weighted by atomic mass is 35.5. The van der Waals surface area contributed by atoms with Crippen molar-refractivity contribution < 1.29 is 132 Å². The van der Waals surface area contributed by atoms with Gasteiger partial charge in [0.05, 0.1) is 36.0 Å². The second kappa shape index (κ2) is 31.8. The zero-order valence-corrected chi connectivity index (χ0v) is 70.0. The second-order valence-corrected chi connectivity index (χ2v) is 32.4. The first kappa shape index (κ1) is 91.4. The fraction of sp³-hybridized carbons (Fsp3) is 0.176. The maximum Gasteiger partial charge on any atom is 0.295 e. The van der Waals surface area contributed by atoms with Crippen molar-refractivity contribution in [1.82, 2.24) is 5.32 Å². The first-order valence-corrected chi connectivity index (χ1v) is 39.6. The first-order valence-electron chi connectivity index (χ1n) is 39.2. The van der Waals surface area contributed by atoms with E-state index in [4.69, 9.17) is 41.4 Å². The number of phenols is 1. The number of nitrogens with two attached hydrogens (primary N) is 1. The lowest BCUT2D eigenvalue weighted by Crippen LogP contribution is -2.59. The number of ether oxygens (including phenoxy) is 4. The molecule has 41 nitrogen and oxygen atoms in total. The van der Waals surface area contributed by atoms with E-state index in [1.165, 1.54) is 104 Å². The minimum Gasteiger partial charge on any atom is -0.508 e. The lowest BCUT2D eigenvalue weighted by Gasteiger charge is -2.33. The van der Waals surface area contributed by atoms with Crippen molar-refractivity contribution in [2.75, 3.05) is 0 Å². The minimum absolute atomic E-state index is 0.00271. The zero-order chi connectivity index (χ0) is 96.9. The van der Waals surface area contributed by atoms with Crippen molar-refractivity contribution in [3.8, 4) is 28.7 Å². The Morgan fingerprint density at radius 3 is 1.17 bits per heavy atom. The van der Waals surface area contributed by atoms with Gasteiger partial charge in [0.25, 0.3) is 63.1 Å². The Bertz CT molecular complexity index is 6830. The summed E-state index contributed by atoms with van der Waals surface area (Å²) in [5.41, 5.74) is 0.910. The molecule has 42 heteroatoms. The highest BCUT2D eigenvalue weighted by molar-refractivity contribution is 6.41. The number of carbonyl (C=O) groups excluding carboxylic acids is 9. The van der Waals surface area contributed by atoms with Gasteiger partial charge >= 0.3 is 0 Å². The molecular formula is C91H65ClN8O33. The largest absolute Gasteiger partial charge is 0.508 e. The molecule has 6 aliphatic carbocycles. The average molecular weight is 1830 g/mol. The molecule has 10 aliphatic rings. The Labute approximate surface area is 748 Å². The van der Waals surface area contributed by atoms with Gasteiger partial charge < -0.3 is 70.9 Å². The number of nitrogens with zero attached hydrogens (tertiary/aromatic N) is 6. The number of ketones is 8. The predicted molar refractivity (Wildman–Crippen MR) is 453 cm³/mol. The Balaban J connectivity index is 0.000000121. The Morgan fingerprint density at radius 2 is 0.707 bits per heavy atom. The third kappa shape index (κ3) is 13.3. The Morgan fingerprint density at radius 1 is 0.361 bits per heavy atom. The van der Waals surface area contributed by atoms with Crippen LogP contribution in [-0.2, 0) is 49.5 Å². The SMILES string of the molecule is CC(=O)NC12C(=O)c3cccc([N+](=O)[O-])c3C1(O)Oc1cc(C)ccc12.Cc1ccc2c(c1)OC1(O)c3c(cccc3[N+](=O)[O-])C(=O)C21Cl.Cc1ccc2c(c1)OC1(O)c3c(cccc3[N+](=O)[O-])C(=O)C21N.Cc1ccc2c(c1)OC1(O)c3c(cccc3[N+](=O)[O-])C(=O)C21O.Cc1cccc(O)c1.O=C1CC(=O)c2c1cccc2[N+](=O)[O-].O=C1c2cccc([N+](=O)[O-])c2C(=O)C1(O)O. The number of hydrogen-bond donors (Lipinski definition) is 10. The van der Waals surface area contributed by atoms with E-state index in [2.05, 4.69) is 5.32 Å². The number of alkyl halides is 1. The number of amides is 1. The summed E-state index contributed by atoms with van der Waals surface area (Å²) >= 11 is 6.54. The molecule has 0 aromatic heterocycles. The Hall–Kier alpha value is -16.4. The topological polar surface area (TPSA) is 649 Å². The van der Waals surface area contributed by atoms with Crippen LogP contribution in [0.1, 0.15) is 169 Å². The molecule has 21 rings (SSSR count). The molecule has 1 amide bonds. The molecule has 11 aromatic carbocycles. The third-order valence-corrected chi connectivity index (χ3v) is 24.3. The van der Waals surface area contributed by atoms with E-state index in [1.54, 1.807) is 92.7 Å². The summed E-state index contributed by atoms with van der Waals surface area (Å²) < 4.78 is 22.4. The van der Waals surface area contributed by atoms with E-state index < -0.39 is 160 Å². The van der Waals surface area contributed by atoms with E-state index in [0.29, 0.717) is 16.9 Å². The summed E-state index contributed by atoms with van der Waals surface area (Å²) in [7, 11) is 0. The number of hydrogen-bond acceptors (Lipinski definition) is 34. The number of nitro groups is 6. The van der Waals surface area contributed by atoms with Gasteiger partial charge in [0.2, 0.25) is 45.1 Å². The number of aromatic hydroxyl groups is 1. The van der Waals surface area contributed by atoms with E-state index in [9.17, 15) is 140 Å². The van der Waals surface area contributed by atoms with E-state index in [1.807, 2.05) is 32.9 Å². The summed E-state index contributed by atoms with van der Waals surface area (Å²) in [6.07, 6.45) is -0.250. The van der Waals surface area contributed by atoms with Crippen molar-refractivity contribution in [3.63, 3.8) is 0 Å². The van der Waals surface area contributed by atoms with Crippen molar-refractivity contribution in [2.24, 2.45) is 5.73 Å². The fourth-order valence-corrected chi connectivity index (χ4v) is 18.2. The summed E-state index contributed by atoms with van der Waals surface area (Å²) in [5.74, 6) is -18.2. The van der Waals surface area contributed by atoms with Crippen molar-refractivity contribution in [3.05, 3.63) is 384 Å². The first-order chi connectivity index (χ1) is 62.4. The van der Waals surface area contributed by atoms with Crippen molar-refractivity contribution in [1.29, 1.82) is 0 Å². The van der Waals surface area contributed by atoms with Gasteiger partial charge in [0, 0.05) is 99.0 Å². The number of phenolic OH excluding ortho intramolecular Hbond substituents is 1. The molecule has 4 aliphatic heterocycles. The monoisotopic (exact) mass is 1830 g/mol. The summed E-state index contributed by atoms with van der Waals surface area (Å²) in [4.78, 5) is 169. The van der Waals surface area contributed by atoms with Crippen LogP contribution in [0.5, 0.6) is 28.7 Å². The third-order valence-electron chi connectivity index (χ3n) is 23.6. The number of rotatable bonds is 7. The number of nitrogens with one attached hydrogen (secondary N) is 1. The number of aliphatic hydroxyl groups is 7. The number of aryl methyl sites for hydroxylation is 5. The second-order valence-electron chi connectivity index (χ2n) is 31.8. The van der Waals surface area contributed by atoms with Crippen LogP contribution in [0.3, 0.4) is 0 Å². The molecule has 0 fully saturated rings. The highest BCUT2D eigenvalue weighted by Crippen LogP contribution is 2.66. The van der Waals surface area contributed by atoms with Crippen molar-refractivity contribution in [2.45, 2.75) is 98.5 Å². The van der Waals surface area contributed by atoms with Crippen LogP contribution in [0, 0.1) is 95.3 Å². The molecule has 4 heterocycles. The zero-order valence-electron chi connectivity index (χ0n) is 69.3. The summed E-state index contributed by atoms with van der Waals surface area (Å²) in [6, 6.07) is 49.9. The van der Waals surface area contributed by atoms with Crippen LogP contribution in [0.2, 0.25) is 0 Å². The van der Waals surface area contributed by atoms with Gasteiger partial charge in [-0.2, -0.15) is 0 Å². The predicted octanol–water partition coefficient (Wildman–Crippen LogP) is 10.2. The van der Waals surface area contributed by atoms with E-state index in [0.717, 1.165) is 46.0 Å². The lowest BCUT2D eigenvalue weighted by molar-refractivity contribution is -0.388. The lowest BCUT2D eigenvalue weighted by atomic mass is 9.82. The maximum absolute atomic E-state index is 13.3. The normalized spacial score (nSPS) is 23.2. The molecular weight excluding hydrogens is 1770 g/mol. The molecule has 674 valence electrons. The van der Waals surface area contributed by atoms with Gasteiger partial charge in [-0.1, -0.05) is 139 Å². The number of nitro benzene ring substituents is 6. The molecule has 8 atom stereocenters. The van der Waals surface area contributed by atoms with Gasteiger partial charge in [0.1, 0.15) is 62.1 Å². The smallest absolute Gasteiger partial charge is 0.295 e. The minimum atomic E-state index is -3.19. The molecule has 0 spiro atoms. The van der Waals surface area contributed by atoms with Crippen LogP contribution < -0.4 is 30.0 Å². The average Bonchev–Trinajstić information content (AvgIpc) is 1.10. The van der Waals surface area contributed by atoms with Crippen LogP contribution >= 0.6 is 11.6 Å². The molecule has 11 aromatic rings. The quantitative estimate of drug-likeness (QED) is 0.0233. The molecule has 8 unspecified atom stereocenters. The number of fused-ring (bicyclic) bond motifs is 22. The van der Waals surface area contributed by atoms with Crippen LogP contribution in [0.4, 0.5) is 34.1 Å². The van der Waals surface area contributed by atoms with E-state index in [-0.39, 0.29) is 113 Å². The number of Topliss-reactive ketones (excluding diaryl/α,β-unsaturated/α-hetero) is 8. The van der Waals surface area contributed by atoms with Crippen molar-refractivity contribution >= 4 is 97.9 Å². The molecule has 0 saturated carbocycles. The van der Waals surface area contributed by atoms with Crippen LogP contribution in [-0.4, -0.2) is 128 Å². The van der Waals surface area contributed by atoms with Crippen LogP contribution in [0.15, 0.2) is 206 Å². The molecule has 0 saturated heterocycles.